The molecule has 6 nitrogen and oxygen atoms in total. The van der Waals surface area contributed by atoms with Gasteiger partial charge in [-0.25, -0.2) is 8.42 Å². The van der Waals surface area contributed by atoms with Crippen LogP contribution in [-0.4, -0.2) is 76.3 Å². The van der Waals surface area contributed by atoms with Crippen LogP contribution in [0.5, 0.6) is 0 Å². The van der Waals surface area contributed by atoms with Crippen LogP contribution in [0, 0.1) is 0 Å². The average Bonchev–Trinajstić information content (AvgIpc) is 3.24. The maximum absolute atomic E-state index is 12.7. The maximum atomic E-state index is 12.7. The van der Waals surface area contributed by atoms with Gasteiger partial charge in [0.15, 0.2) is 9.84 Å². The molecule has 0 bridgehead atoms. The lowest BCUT2D eigenvalue weighted by molar-refractivity contribution is 0.0638. The molecule has 28 heavy (non-hydrogen) atoms. The van der Waals surface area contributed by atoms with E-state index in [0.717, 1.165) is 26.1 Å². The second kappa shape index (κ2) is 9.65. The Hall–Kier alpha value is -1.74. The van der Waals surface area contributed by atoms with E-state index in [-0.39, 0.29) is 23.2 Å². The number of thiophene rings is 1. The third kappa shape index (κ3) is 5.41. The molecule has 1 saturated heterocycles. The van der Waals surface area contributed by atoms with E-state index in [2.05, 4.69) is 22.4 Å². The Morgan fingerprint density at radius 2 is 1.82 bits per heavy atom. The largest absolute Gasteiger partial charge is 0.384 e. The molecule has 1 amide bonds. The standard InChI is InChI=1S/C20H26N2O4S2/c1-26-14-16-28(24,25)19-6-4-17(5-7-19)20(23)22-12-10-21(11-13-22)9-8-18-3-2-15-27-18/h2-7,15H,8-14,16H2,1H3. The number of piperazine rings is 1. The molecular weight excluding hydrogens is 396 g/mol. The molecular formula is C20H26N2O4S2. The van der Waals surface area contributed by atoms with Gasteiger partial charge in [0.05, 0.1) is 17.3 Å². The van der Waals surface area contributed by atoms with E-state index in [1.54, 1.807) is 23.5 Å². The van der Waals surface area contributed by atoms with Gasteiger partial charge >= 0.3 is 0 Å². The summed E-state index contributed by atoms with van der Waals surface area (Å²) in [6.07, 6.45) is 1.05. The topological polar surface area (TPSA) is 66.9 Å². The predicted molar refractivity (Wildman–Crippen MR) is 111 cm³/mol. The van der Waals surface area contributed by atoms with Gasteiger partial charge in [0.25, 0.3) is 5.91 Å². The second-order valence-corrected chi connectivity index (χ2v) is 9.94. The summed E-state index contributed by atoms with van der Waals surface area (Å²) >= 11 is 1.78. The molecule has 0 radical (unpaired) electrons. The van der Waals surface area contributed by atoms with Crippen molar-refractivity contribution in [1.82, 2.24) is 9.80 Å². The van der Waals surface area contributed by atoms with Gasteiger partial charge in [-0.1, -0.05) is 6.07 Å². The third-order valence-corrected chi connectivity index (χ3v) is 7.56. The first-order chi connectivity index (χ1) is 13.5. The minimum Gasteiger partial charge on any atom is -0.384 e. The highest BCUT2D eigenvalue weighted by Crippen LogP contribution is 2.16. The van der Waals surface area contributed by atoms with Crippen LogP contribution in [0.3, 0.4) is 0 Å². The Labute approximate surface area is 170 Å². The zero-order valence-corrected chi connectivity index (χ0v) is 17.7. The smallest absolute Gasteiger partial charge is 0.253 e. The molecule has 1 aliphatic heterocycles. The average molecular weight is 423 g/mol. The van der Waals surface area contributed by atoms with Gasteiger partial charge in [-0.15, -0.1) is 11.3 Å². The summed E-state index contributed by atoms with van der Waals surface area (Å²) in [5.74, 6) is -0.108. The van der Waals surface area contributed by atoms with Gasteiger partial charge in [0, 0.05) is 50.3 Å². The number of sulfone groups is 1. The summed E-state index contributed by atoms with van der Waals surface area (Å²) in [5.41, 5.74) is 0.526. The van der Waals surface area contributed by atoms with Gasteiger partial charge in [0.1, 0.15) is 0 Å². The molecule has 0 aliphatic carbocycles. The van der Waals surface area contributed by atoms with Crippen molar-refractivity contribution in [3.63, 3.8) is 0 Å². The van der Waals surface area contributed by atoms with Crippen molar-refractivity contribution in [2.75, 3.05) is 52.2 Å². The summed E-state index contributed by atoms with van der Waals surface area (Å²) in [6.45, 7) is 4.27. The molecule has 0 N–H and O–H groups in total. The summed E-state index contributed by atoms with van der Waals surface area (Å²) in [6, 6.07) is 10.5. The third-order valence-electron chi connectivity index (χ3n) is 4.93. The maximum Gasteiger partial charge on any atom is 0.253 e. The van der Waals surface area contributed by atoms with Crippen molar-refractivity contribution in [2.24, 2.45) is 0 Å². The molecule has 1 aliphatic rings. The lowest BCUT2D eigenvalue weighted by Gasteiger charge is -2.34. The number of rotatable bonds is 8. The molecule has 1 aromatic heterocycles. The Morgan fingerprint density at radius 1 is 1.11 bits per heavy atom. The normalized spacial score (nSPS) is 15.7. The van der Waals surface area contributed by atoms with Gasteiger partial charge in [-0.05, 0) is 42.1 Å². The Bertz CT molecular complexity index is 856. The summed E-state index contributed by atoms with van der Waals surface area (Å²) in [7, 11) is -1.91. The highest BCUT2D eigenvalue weighted by atomic mass is 32.2. The first-order valence-corrected chi connectivity index (χ1v) is 11.9. The van der Waals surface area contributed by atoms with E-state index < -0.39 is 9.84 Å². The molecule has 2 heterocycles. The number of nitrogens with zero attached hydrogens (tertiary/aromatic N) is 2. The number of carbonyl (C=O) groups is 1. The Morgan fingerprint density at radius 3 is 2.43 bits per heavy atom. The molecule has 0 spiro atoms. The van der Waals surface area contributed by atoms with E-state index in [9.17, 15) is 13.2 Å². The lowest BCUT2D eigenvalue weighted by atomic mass is 10.2. The zero-order valence-electron chi connectivity index (χ0n) is 16.0. The number of hydrogen-bond acceptors (Lipinski definition) is 6. The van der Waals surface area contributed by atoms with Crippen molar-refractivity contribution in [3.8, 4) is 0 Å². The van der Waals surface area contributed by atoms with Crippen LogP contribution in [0.25, 0.3) is 0 Å². The fourth-order valence-electron chi connectivity index (χ4n) is 3.20. The molecule has 3 rings (SSSR count). The minimum atomic E-state index is -3.38. The molecule has 0 atom stereocenters. The van der Waals surface area contributed by atoms with Crippen molar-refractivity contribution in [2.45, 2.75) is 11.3 Å². The van der Waals surface area contributed by atoms with E-state index in [1.165, 1.54) is 24.1 Å². The fraction of sp³-hybridized carbons (Fsp3) is 0.450. The van der Waals surface area contributed by atoms with Crippen LogP contribution in [0.15, 0.2) is 46.7 Å². The second-order valence-electron chi connectivity index (χ2n) is 6.80. The molecule has 1 aromatic carbocycles. The van der Waals surface area contributed by atoms with E-state index in [4.69, 9.17) is 4.74 Å². The van der Waals surface area contributed by atoms with Gasteiger partial charge < -0.3 is 9.64 Å². The molecule has 2 aromatic rings. The van der Waals surface area contributed by atoms with Gasteiger partial charge in [-0.2, -0.15) is 0 Å². The van der Waals surface area contributed by atoms with Crippen LogP contribution in [-0.2, 0) is 21.0 Å². The Balaban J connectivity index is 1.52. The van der Waals surface area contributed by atoms with Crippen LogP contribution in [0.1, 0.15) is 15.2 Å². The van der Waals surface area contributed by atoms with Crippen molar-refractivity contribution < 1.29 is 17.9 Å². The van der Waals surface area contributed by atoms with E-state index >= 15 is 0 Å². The summed E-state index contributed by atoms with van der Waals surface area (Å²) in [5, 5.41) is 2.10. The predicted octanol–water partition coefficient (Wildman–Crippen LogP) is 2.17. The van der Waals surface area contributed by atoms with Crippen LogP contribution in [0.4, 0.5) is 0 Å². The van der Waals surface area contributed by atoms with E-state index in [1.807, 2.05) is 4.90 Å². The number of carbonyl (C=O) groups excluding carboxylic acids is 1. The van der Waals surface area contributed by atoms with Crippen LogP contribution >= 0.6 is 11.3 Å². The SMILES string of the molecule is COCCS(=O)(=O)c1ccc(C(=O)N2CCN(CCc3cccs3)CC2)cc1. The van der Waals surface area contributed by atoms with Crippen molar-refractivity contribution in [3.05, 3.63) is 52.2 Å². The lowest BCUT2D eigenvalue weighted by Crippen LogP contribution is -2.49. The first kappa shape index (κ1) is 21.0. The molecule has 1 fully saturated rings. The Kier molecular flexibility index (Phi) is 7.23. The number of methoxy groups -OCH3 is 1. The molecule has 8 heteroatoms. The number of ether oxygens (including phenoxy) is 1. The van der Waals surface area contributed by atoms with Crippen LogP contribution < -0.4 is 0 Å². The number of benzene rings is 1. The minimum absolute atomic E-state index is 0.0428. The van der Waals surface area contributed by atoms with Gasteiger partial charge in [-0.3, -0.25) is 9.69 Å². The monoisotopic (exact) mass is 422 g/mol. The highest BCUT2D eigenvalue weighted by molar-refractivity contribution is 7.91. The van der Waals surface area contributed by atoms with Crippen molar-refractivity contribution >= 4 is 27.1 Å². The quantitative estimate of drug-likeness (QED) is 0.652. The van der Waals surface area contributed by atoms with E-state index in [0.29, 0.717) is 18.7 Å². The molecule has 0 saturated carbocycles. The van der Waals surface area contributed by atoms with Crippen LogP contribution in [0.2, 0.25) is 0 Å². The first-order valence-electron chi connectivity index (χ1n) is 9.35. The van der Waals surface area contributed by atoms with Crippen molar-refractivity contribution in [1.29, 1.82) is 0 Å². The number of hydrogen-bond donors (Lipinski definition) is 0. The highest BCUT2D eigenvalue weighted by Gasteiger charge is 2.22. The summed E-state index contributed by atoms with van der Waals surface area (Å²) in [4.78, 5) is 18.6. The fourth-order valence-corrected chi connectivity index (χ4v) is 5.07. The number of amides is 1. The molecule has 0 unspecified atom stereocenters. The van der Waals surface area contributed by atoms with Gasteiger partial charge in [0.2, 0.25) is 0 Å². The zero-order chi connectivity index (χ0) is 20.0. The summed E-state index contributed by atoms with van der Waals surface area (Å²) < 4.78 is 29.2. The molecule has 152 valence electrons.